The van der Waals surface area contributed by atoms with Gasteiger partial charge in [-0.3, -0.25) is 0 Å². The van der Waals surface area contributed by atoms with Gasteiger partial charge in [0.25, 0.3) is 0 Å². The average Bonchev–Trinajstić information content (AvgIpc) is 3.31. The first-order chi connectivity index (χ1) is 16.5. The van der Waals surface area contributed by atoms with Crippen LogP contribution in [0.5, 0.6) is 0 Å². The van der Waals surface area contributed by atoms with E-state index in [1.54, 1.807) is 18.3 Å². The van der Waals surface area contributed by atoms with Crippen molar-refractivity contribution in [3.05, 3.63) is 48.2 Å². The molecule has 0 saturated carbocycles. The summed E-state index contributed by atoms with van der Waals surface area (Å²) < 4.78 is 25.3. The molecule has 4 N–H and O–H groups in total. The fourth-order valence-corrected chi connectivity index (χ4v) is 4.11. The van der Waals surface area contributed by atoms with E-state index < -0.39 is 11.7 Å². The normalized spacial score (nSPS) is 23.7. The van der Waals surface area contributed by atoms with Gasteiger partial charge in [0.05, 0.1) is 36.9 Å². The molecule has 3 aromatic rings. The molecule has 0 spiro atoms. The molecule has 5 rings (SSSR count). The van der Waals surface area contributed by atoms with Crippen LogP contribution in [0.2, 0.25) is 0 Å². The average molecular weight is 469 g/mol. The molecule has 180 valence electrons. The number of aromatic nitrogens is 4. The molecule has 10 heteroatoms. The molecule has 0 radical (unpaired) electrons. The minimum absolute atomic E-state index is 0.0300. The van der Waals surface area contributed by atoms with Gasteiger partial charge in [0.2, 0.25) is 12.2 Å². The highest BCUT2D eigenvalue weighted by molar-refractivity contribution is 5.77. The summed E-state index contributed by atoms with van der Waals surface area (Å²) in [4.78, 5) is 17.2. The van der Waals surface area contributed by atoms with Crippen LogP contribution in [0.3, 0.4) is 0 Å². The van der Waals surface area contributed by atoms with Gasteiger partial charge in [0.15, 0.2) is 5.82 Å². The first-order valence-corrected chi connectivity index (χ1v) is 11.5. The number of aliphatic hydroxyl groups excluding tert-OH is 1. The Morgan fingerprint density at radius 2 is 1.85 bits per heavy atom. The molecule has 2 aromatic heterocycles. The molecule has 4 heterocycles. The van der Waals surface area contributed by atoms with Crippen molar-refractivity contribution in [1.29, 1.82) is 0 Å². The molecule has 0 amide bonds. The number of aromatic amines is 1. The van der Waals surface area contributed by atoms with Crippen molar-refractivity contribution in [2.45, 2.75) is 32.1 Å². The van der Waals surface area contributed by atoms with Crippen molar-refractivity contribution in [3.8, 4) is 22.6 Å². The fraction of sp³-hybridized carbons (Fsp3) is 0.458. The van der Waals surface area contributed by atoms with E-state index in [0.29, 0.717) is 48.1 Å². The standard InChI is InChI=1S/C24H29FN6O3/c1-24(12-32)13-33-22(34-14-24)21-30-19(15-2-4-16(25)5-3-15)20(31-21)18-8-11-27-23(29-18)28-17-6-9-26-10-7-17/h2-5,8,11,17,22,26,32H,6-7,9-10,12-14H2,1H3,(H,30,31)(H,27,28,29). The molecule has 0 unspecified atom stereocenters. The van der Waals surface area contributed by atoms with Gasteiger partial charge >= 0.3 is 0 Å². The van der Waals surface area contributed by atoms with Gasteiger partial charge in [-0.1, -0.05) is 6.92 Å². The number of nitrogens with zero attached hydrogens (tertiary/aromatic N) is 3. The number of piperidine rings is 1. The number of halogens is 1. The smallest absolute Gasteiger partial charge is 0.223 e. The first-order valence-electron chi connectivity index (χ1n) is 11.5. The van der Waals surface area contributed by atoms with E-state index >= 15 is 0 Å². The topological polar surface area (TPSA) is 117 Å². The van der Waals surface area contributed by atoms with Crippen molar-refractivity contribution in [3.63, 3.8) is 0 Å². The maximum atomic E-state index is 13.6. The number of H-pyrrole nitrogens is 1. The Labute approximate surface area is 197 Å². The molecule has 1 aromatic carbocycles. The Morgan fingerprint density at radius 3 is 2.56 bits per heavy atom. The summed E-state index contributed by atoms with van der Waals surface area (Å²) >= 11 is 0. The van der Waals surface area contributed by atoms with Crippen LogP contribution in [0.1, 0.15) is 31.9 Å². The molecule has 9 nitrogen and oxygen atoms in total. The zero-order valence-corrected chi connectivity index (χ0v) is 19.1. The molecule has 2 fully saturated rings. The van der Waals surface area contributed by atoms with Gasteiger partial charge in [-0.05, 0) is 56.3 Å². The second kappa shape index (κ2) is 9.75. The zero-order valence-electron chi connectivity index (χ0n) is 19.1. The van der Waals surface area contributed by atoms with Crippen LogP contribution < -0.4 is 10.6 Å². The van der Waals surface area contributed by atoms with E-state index in [1.165, 1.54) is 12.1 Å². The van der Waals surface area contributed by atoms with Crippen molar-refractivity contribution in [2.75, 3.05) is 38.2 Å². The van der Waals surface area contributed by atoms with Crippen LogP contribution in [0.25, 0.3) is 22.6 Å². The van der Waals surface area contributed by atoms with Gasteiger partial charge in [0.1, 0.15) is 5.82 Å². The molecule has 34 heavy (non-hydrogen) atoms. The van der Waals surface area contributed by atoms with Crippen LogP contribution in [0, 0.1) is 11.2 Å². The van der Waals surface area contributed by atoms with Crippen LogP contribution in [-0.2, 0) is 9.47 Å². The number of imidazole rings is 1. The second-order valence-electron chi connectivity index (χ2n) is 9.21. The van der Waals surface area contributed by atoms with Crippen LogP contribution in [0.4, 0.5) is 10.3 Å². The number of aliphatic hydroxyl groups is 1. The summed E-state index contributed by atoms with van der Waals surface area (Å²) in [5.74, 6) is 0.717. The summed E-state index contributed by atoms with van der Waals surface area (Å²) in [5, 5.41) is 16.4. The minimum Gasteiger partial charge on any atom is -0.396 e. The largest absolute Gasteiger partial charge is 0.396 e. The zero-order chi connectivity index (χ0) is 23.5. The van der Waals surface area contributed by atoms with E-state index in [2.05, 4.69) is 20.6 Å². The number of rotatable bonds is 6. The van der Waals surface area contributed by atoms with Crippen LogP contribution >= 0.6 is 0 Å². The quantitative estimate of drug-likeness (QED) is 0.436. The lowest BCUT2D eigenvalue weighted by molar-refractivity contribution is -0.239. The van der Waals surface area contributed by atoms with Gasteiger partial charge < -0.3 is 30.2 Å². The van der Waals surface area contributed by atoms with Crippen LogP contribution in [-0.4, -0.2) is 64.0 Å². The highest BCUT2D eigenvalue weighted by atomic mass is 19.1. The van der Waals surface area contributed by atoms with Gasteiger partial charge in [-0.2, -0.15) is 0 Å². The molecular weight excluding hydrogens is 439 g/mol. The predicted octanol–water partition coefficient (Wildman–Crippen LogP) is 2.88. The van der Waals surface area contributed by atoms with Crippen molar-refractivity contribution in [2.24, 2.45) is 5.41 Å². The van der Waals surface area contributed by atoms with Crippen molar-refractivity contribution in [1.82, 2.24) is 25.3 Å². The van der Waals surface area contributed by atoms with Crippen LogP contribution in [0.15, 0.2) is 36.5 Å². The summed E-state index contributed by atoms with van der Waals surface area (Å²) in [5.41, 5.74) is 2.22. The van der Waals surface area contributed by atoms with Gasteiger partial charge in [0, 0.05) is 23.2 Å². The van der Waals surface area contributed by atoms with E-state index in [-0.39, 0.29) is 12.4 Å². The molecular formula is C24H29FN6O3. The number of nitrogens with one attached hydrogen (secondary N) is 3. The van der Waals surface area contributed by atoms with Crippen molar-refractivity contribution >= 4 is 5.95 Å². The molecule has 0 bridgehead atoms. The number of benzene rings is 1. The molecule has 0 aliphatic carbocycles. The Morgan fingerprint density at radius 1 is 1.12 bits per heavy atom. The predicted molar refractivity (Wildman–Crippen MR) is 124 cm³/mol. The molecule has 2 saturated heterocycles. The Balaban J connectivity index is 1.47. The van der Waals surface area contributed by atoms with E-state index in [9.17, 15) is 9.50 Å². The SMILES string of the molecule is CC1(CO)COC(c2nc(-c3ccc(F)cc3)c(-c3ccnc(NC4CCNCC4)n3)[nH]2)OC1. The number of anilines is 1. The number of ether oxygens (including phenoxy) is 2. The summed E-state index contributed by atoms with van der Waals surface area (Å²) in [6.07, 6.45) is 3.01. The molecule has 2 aliphatic heterocycles. The first kappa shape index (κ1) is 22.9. The lowest BCUT2D eigenvalue weighted by Gasteiger charge is -2.35. The maximum absolute atomic E-state index is 13.6. The second-order valence-corrected chi connectivity index (χ2v) is 9.21. The van der Waals surface area contributed by atoms with Gasteiger partial charge in [-0.25, -0.2) is 19.3 Å². The van der Waals surface area contributed by atoms with Crippen molar-refractivity contribution < 1.29 is 19.0 Å². The van der Waals surface area contributed by atoms with E-state index in [4.69, 9.17) is 19.4 Å². The summed E-state index contributed by atoms with van der Waals surface area (Å²) in [6, 6.07) is 8.29. The third-order valence-corrected chi connectivity index (χ3v) is 6.20. The lowest BCUT2D eigenvalue weighted by atomic mass is 9.94. The Bertz CT molecular complexity index is 1110. The van der Waals surface area contributed by atoms with Gasteiger partial charge in [-0.15, -0.1) is 0 Å². The third-order valence-electron chi connectivity index (χ3n) is 6.20. The summed E-state index contributed by atoms with van der Waals surface area (Å²) in [7, 11) is 0. The summed E-state index contributed by atoms with van der Waals surface area (Å²) in [6.45, 7) is 4.48. The Hall–Kier alpha value is -2.92. The maximum Gasteiger partial charge on any atom is 0.223 e. The highest BCUT2D eigenvalue weighted by Gasteiger charge is 2.34. The fourth-order valence-electron chi connectivity index (χ4n) is 4.11. The molecule has 2 aliphatic rings. The Kier molecular flexibility index (Phi) is 6.55. The minimum atomic E-state index is -0.707. The third kappa shape index (κ3) is 4.95. The number of hydrogen-bond acceptors (Lipinski definition) is 8. The van der Waals surface area contributed by atoms with E-state index in [1.807, 2.05) is 13.0 Å². The molecule has 0 atom stereocenters. The number of hydrogen-bond donors (Lipinski definition) is 4. The monoisotopic (exact) mass is 468 g/mol. The van der Waals surface area contributed by atoms with E-state index in [0.717, 1.165) is 31.5 Å². The highest BCUT2D eigenvalue weighted by Crippen LogP contribution is 2.35. The lowest BCUT2D eigenvalue weighted by Crippen LogP contribution is -2.39.